The number of fused-ring (bicyclic) bond motifs is 2. The fourth-order valence-corrected chi connectivity index (χ4v) is 5.12. The van der Waals surface area contributed by atoms with Crippen molar-refractivity contribution < 1.29 is 28.3 Å². The van der Waals surface area contributed by atoms with Crippen molar-refractivity contribution in [1.82, 2.24) is 10.6 Å². The first kappa shape index (κ1) is 32.9. The number of methoxy groups -OCH3 is 1. The van der Waals surface area contributed by atoms with E-state index in [1.807, 2.05) is 0 Å². The van der Waals surface area contributed by atoms with Crippen LogP contribution in [0.3, 0.4) is 0 Å². The molecule has 2 atom stereocenters. The number of carbonyl (C=O) groups excluding carboxylic acids is 4. The molecule has 2 unspecified atom stereocenters. The molecule has 11 nitrogen and oxygen atoms in total. The van der Waals surface area contributed by atoms with Gasteiger partial charge in [0.1, 0.15) is 17.4 Å². The first-order valence-corrected chi connectivity index (χ1v) is 14.0. The minimum Gasteiger partial charge on any atom is -0.497 e. The molecule has 234 valence electrons. The Morgan fingerprint density at radius 2 is 1.64 bits per heavy atom. The summed E-state index contributed by atoms with van der Waals surface area (Å²) in [6.07, 6.45) is 0. The molecule has 0 spiro atoms. The quantitative estimate of drug-likeness (QED) is 0.222. The lowest BCUT2D eigenvalue weighted by Crippen LogP contribution is -2.55. The number of likely N-dealkylation sites (N-methyl/N-ethyl adjacent to an activating group) is 1. The van der Waals surface area contributed by atoms with Gasteiger partial charge < -0.3 is 29.6 Å². The van der Waals surface area contributed by atoms with Crippen LogP contribution in [0.2, 0.25) is 0 Å². The normalized spacial score (nSPS) is 15.0. The van der Waals surface area contributed by atoms with Crippen molar-refractivity contribution in [2.75, 3.05) is 30.5 Å². The number of anilines is 2. The SMILES string of the molecule is CNC(C)C(=O)NC1CN(C(=O)c2ccc(C(C)=O)cc2)c2ccccc2N(Cc2cc(=O)oc3cc(OC)ccc23)C1=O.Cl. The highest BCUT2D eigenvalue weighted by Gasteiger charge is 2.38. The Morgan fingerprint density at radius 1 is 0.978 bits per heavy atom. The summed E-state index contributed by atoms with van der Waals surface area (Å²) in [6, 6.07) is 17.9. The highest BCUT2D eigenvalue weighted by atomic mass is 35.5. The van der Waals surface area contributed by atoms with Gasteiger partial charge in [-0.3, -0.25) is 19.2 Å². The molecule has 0 saturated heterocycles. The number of rotatable bonds is 8. The molecule has 1 aliphatic heterocycles. The van der Waals surface area contributed by atoms with Gasteiger partial charge in [-0.15, -0.1) is 12.4 Å². The number of carbonyl (C=O) groups is 4. The van der Waals surface area contributed by atoms with Crippen molar-refractivity contribution in [3.05, 3.63) is 99.9 Å². The van der Waals surface area contributed by atoms with Gasteiger partial charge in [-0.2, -0.15) is 0 Å². The van der Waals surface area contributed by atoms with Crippen molar-refractivity contribution >= 4 is 58.3 Å². The molecule has 0 aliphatic carbocycles. The van der Waals surface area contributed by atoms with Crippen LogP contribution < -0.4 is 30.8 Å². The van der Waals surface area contributed by atoms with E-state index in [0.29, 0.717) is 44.8 Å². The summed E-state index contributed by atoms with van der Waals surface area (Å²) in [5, 5.41) is 6.27. The lowest BCUT2D eigenvalue weighted by atomic mass is 10.1. The van der Waals surface area contributed by atoms with Crippen molar-refractivity contribution in [2.24, 2.45) is 0 Å². The van der Waals surface area contributed by atoms with Gasteiger partial charge in [-0.05, 0) is 62.9 Å². The van der Waals surface area contributed by atoms with E-state index in [0.717, 1.165) is 0 Å². The van der Waals surface area contributed by atoms with Crippen LogP contribution in [-0.2, 0) is 16.1 Å². The van der Waals surface area contributed by atoms with Gasteiger partial charge >= 0.3 is 5.63 Å². The second kappa shape index (κ2) is 13.7. The summed E-state index contributed by atoms with van der Waals surface area (Å²) in [6.45, 7) is 2.90. The lowest BCUT2D eigenvalue weighted by molar-refractivity contribution is -0.128. The monoisotopic (exact) mass is 632 g/mol. The zero-order valence-corrected chi connectivity index (χ0v) is 26.0. The van der Waals surface area contributed by atoms with Gasteiger partial charge in [0, 0.05) is 28.6 Å². The van der Waals surface area contributed by atoms with Crippen LogP contribution >= 0.6 is 12.4 Å². The zero-order valence-electron chi connectivity index (χ0n) is 25.2. The molecule has 4 aromatic rings. The third-order valence-corrected chi connectivity index (χ3v) is 7.68. The van der Waals surface area contributed by atoms with Crippen molar-refractivity contribution in [3.63, 3.8) is 0 Å². The topological polar surface area (TPSA) is 138 Å². The predicted octanol–water partition coefficient (Wildman–Crippen LogP) is 3.71. The number of Topliss-reactive ketones (excluding diaryl/α,β-unsaturated/α-hetero) is 1. The van der Waals surface area contributed by atoms with Crippen LogP contribution in [0.15, 0.2) is 82.0 Å². The van der Waals surface area contributed by atoms with Crippen molar-refractivity contribution in [1.29, 1.82) is 0 Å². The molecular formula is C33H33ClN4O7. The summed E-state index contributed by atoms with van der Waals surface area (Å²) >= 11 is 0. The van der Waals surface area contributed by atoms with Gasteiger partial charge in [0.05, 0.1) is 37.6 Å². The highest BCUT2D eigenvalue weighted by molar-refractivity contribution is 6.13. The Bertz CT molecular complexity index is 1820. The summed E-state index contributed by atoms with van der Waals surface area (Å²) in [4.78, 5) is 68.6. The molecule has 0 saturated carbocycles. The Balaban J connectivity index is 0.00000461. The summed E-state index contributed by atoms with van der Waals surface area (Å²) in [5.41, 5.74) is 1.82. The van der Waals surface area contributed by atoms with Crippen LogP contribution in [0.1, 0.15) is 40.1 Å². The number of nitrogens with zero attached hydrogens (tertiary/aromatic N) is 2. The number of halogens is 1. The summed E-state index contributed by atoms with van der Waals surface area (Å²) in [7, 11) is 3.13. The van der Waals surface area contributed by atoms with Crippen LogP contribution in [0.5, 0.6) is 5.75 Å². The van der Waals surface area contributed by atoms with E-state index in [4.69, 9.17) is 9.15 Å². The number of hydrogen-bond acceptors (Lipinski definition) is 8. The molecule has 1 aromatic heterocycles. The first-order chi connectivity index (χ1) is 21.1. The summed E-state index contributed by atoms with van der Waals surface area (Å²) < 4.78 is 10.7. The van der Waals surface area contributed by atoms with Gasteiger partial charge in [0.25, 0.3) is 11.8 Å². The van der Waals surface area contributed by atoms with Crippen molar-refractivity contribution in [3.8, 4) is 5.75 Å². The molecule has 2 N–H and O–H groups in total. The van der Waals surface area contributed by atoms with E-state index in [-0.39, 0.29) is 31.3 Å². The van der Waals surface area contributed by atoms with Crippen LogP contribution in [0.25, 0.3) is 11.0 Å². The minimum absolute atomic E-state index is 0. The van der Waals surface area contributed by atoms with Gasteiger partial charge in [-0.1, -0.05) is 24.3 Å². The van der Waals surface area contributed by atoms with E-state index in [2.05, 4.69) is 10.6 Å². The molecule has 3 aromatic carbocycles. The molecule has 0 radical (unpaired) electrons. The zero-order chi connectivity index (χ0) is 31.5. The molecule has 2 heterocycles. The summed E-state index contributed by atoms with van der Waals surface area (Å²) in [5.74, 6) is -0.936. The third kappa shape index (κ3) is 6.74. The minimum atomic E-state index is -1.13. The molecule has 5 rings (SSSR count). The van der Waals surface area contributed by atoms with E-state index < -0.39 is 35.4 Å². The van der Waals surface area contributed by atoms with Gasteiger partial charge in [0.2, 0.25) is 5.91 Å². The molecule has 1 aliphatic rings. The van der Waals surface area contributed by atoms with E-state index in [1.165, 1.54) is 29.9 Å². The molecule has 45 heavy (non-hydrogen) atoms. The Kier molecular flexibility index (Phi) is 10.1. The smallest absolute Gasteiger partial charge is 0.336 e. The second-order valence-electron chi connectivity index (χ2n) is 10.5. The Morgan fingerprint density at radius 3 is 2.29 bits per heavy atom. The van der Waals surface area contributed by atoms with Crippen molar-refractivity contribution in [2.45, 2.75) is 32.5 Å². The lowest BCUT2D eigenvalue weighted by Gasteiger charge is -2.26. The maximum atomic E-state index is 14.3. The molecular weight excluding hydrogens is 600 g/mol. The van der Waals surface area contributed by atoms with Gasteiger partial charge in [-0.25, -0.2) is 4.79 Å². The van der Waals surface area contributed by atoms with Crippen LogP contribution in [0, 0.1) is 0 Å². The number of ether oxygens (including phenoxy) is 1. The average Bonchev–Trinajstić information content (AvgIpc) is 3.14. The largest absolute Gasteiger partial charge is 0.497 e. The Labute approximate surface area is 265 Å². The number of ketones is 1. The maximum absolute atomic E-state index is 14.3. The second-order valence-corrected chi connectivity index (χ2v) is 10.5. The third-order valence-electron chi connectivity index (χ3n) is 7.68. The van der Waals surface area contributed by atoms with E-state index >= 15 is 0 Å². The standard InChI is InChI=1S/C33H32N4O7.ClH/c1-19(34-3)31(40)35-26-18-37(32(41)22-11-9-21(10-12-22)20(2)38)28-8-6-5-7-27(28)36(33(26)42)17-23-15-30(39)44-29-16-24(43-4)13-14-25(23)29;/h5-16,19,26,34H,17-18H2,1-4H3,(H,35,40);1H. The van der Waals surface area contributed by atoms with Crippen LogP contribution in [-0.4, -0.2) is 56.3 Å². The number of para-hydroxylation sites is 2. The molecule has 3 amide bonds. The van der Waals surface area contributed by atoms with Gasteiger partial charge in [0.15, 0.2) is 5.78 Å². The fourth-order valence-electron chi connectivity index (χ4n) is 5.12. The average molecular weight is 633 g/mol. The van der Waals surface area contributed by atoms with E-state index in [1.54, 1.807) is 80.7 Å². The van der Waals surface area contributed by atoms with E-state index in [9.17, 15) is 24.0 Å². The number of nitrogens with one attached hydrogen (secondary N) is 2. The highest BCUT2D eigenvalue weighted by Crippen LogP contribution is 2.36. The number of benzene rings is 3. The molecule has 12 heteroatoms. The first-order valence-electron chi connectivity index (χ1n) is 14.0. The number of amides is 3. The predicted molar refractivity (Wildman–Crippen MR) is 172 cm³/mol. The number of hydrogen-bond donors (Lipinski definition) is 2. The molecule has 0 bridgehead atoms. The fraction of sp³-hybridized carbons (Fsp3) is 0.242. The molecule has 0 fully saturated rings. The Hall–Kier alpha value is -5.00. The van der Waals surface area contributed by atoms with Crippen LogP contribution in [0.4, 0.5) is 11.4 Å². The maximum Gasteiger partial charge on any atom is 0.336 e.